The number of benzene rings is 2. The number of rotatable bonds is 3. The van der Waals surface area contributed by atoms with Crippen molar-refractivity contribution < 1.29 is 14.3 Å². The van der Waals surface area contributed by atoms with Crippen molar-refractivity contribution in [1.82, 2.24) is 4.90 Å². The average molecular weight is 365 g/mol. The number of carbonyl (C=O) groups is 1. The van der Waals surface area contributed by atoms with Gasteiger partial charge in [0.25, 0.3) is 0 Å². The molecule has 3 N–H and O–H groups in total. The molecule has 2 aliphatic heterocycles. The summed E-state index contributed by atoms with van der Waals surface area (Å²) in [6.07, 6.45) is 1.92. The highest BCUT2D eigenvalue weighted by Crippen LogP contribution is 2.44. The van der Waals surface area contributed by atoms with Gasteiger partial charge < -0.3 is 20.1 Å². The van der Waals surface area contributed by atoms with Crippen molar-refractivity contribution in [2.45, 2.75) is 18.8 Å². The predicted molar refractivity (Wildman–Crippen MR) is 102 cm³/mol. The fraction of sp³-hybridized carbons (Fsp3) is 0.333. The van der Waals surface area contributed by atoms with Crippen LogP contribution >= 0.6 is 0 Å². The Morgan fingerprint density at radius 3 is 2.41 bits per heavy atom. The average Bonchev–Trinajstić information content (AvgIpc) is 2.70. The van der Waals surface area contributed by atoms with E-state index in [1.165, 1.54) is 0 Å². The third-order valence-corrected chi connectivity index (χ3v) is 5.24. The molecule has 0 amide bonds. The Hall–Kier alpha value is -3.02. The number of piperidine rings is 1. The van der Waals surface area contributed by atoms with Crippen molar-refractivity contribution in [3.63, 3.8) is 0 Å². The van der Waals surface area contributed by atoms with E-state index in [2.05, 4.69) is 0 Å². The highest BCUT2D eigenvalue weighted by molar-refractivity contribution is 5.85. The molecule has 2 aliphatic rings. The maximum atomic E-state index is 13.0. The summed E-state index contributed by atoms with van der Waals surface area (Å²) in [7, 11) is 0. The lowest BCUT2D eigenvalue weighted by atomic mass is 9.88. The number of nitrogens with zero attached hydrogens (tertiary/aromatic N) is 1. The van der Waals surface area contributed by atoms with Crippen LogP contribution in [0.1, 0.15) is 29.9 Å². The zero-order chi connectivity index (χ0) is 18.8. The second-order valence-corrected chi connectivity index (χ2v) is 7.08. The highest BCUT2D eigenvalue weighted by atomic mass is 16.5. The molecule has 0 aromatic heterocycles. The molecule has 0 unspecified atom stereocenters. The molecule has 0 spiro atoms. The van der Waals surface area contributed by atoms with Crippen LogP contribution in [-0.4, -0.2) is 36.5 Å². The molecule has 0 bridgehead atoms. The zero-order valence-electron chi connectivity index (χ0n) is 15.1. The minimum atomic E-state index is -0.487. The summed E-state index contributed by atoms with van der Waals surface area (Å²) in [6.45, 7) is 1.79. The van der Waals surface area contributed by atoms with Gasteiger partial charge in [0.15, 0.2) is 5.96 Å². The molecule has 4 rings (SSSR count). The van der Waals surface area contributed by atoms with Crippen molar-refractivity contribution in [3.05, 3.63) is 59.7 Å². The van der Waals surface area contributed by atoms with Crippen LogP contribution < -0.4 is 10.5 Å². The molecule has 0 radical (unpaired) electrons. The Bertz CT molecular complexity index is 822. The van der Waals surface area contributed by atoms with E-state index in [0.717, 1.165) is 30.5 Å². The van der Waals surface area contributed by atoms with Gasteiger partial charge in [0.2, 0.25) is 0 Å². The van der Waals surface area contributed by atoms with Gasteiger partial charge in [0.05, 0.1) is 6.61 Å². The minimum absolute atomic E-state index is 0.0818. The molecule has 0 aliphatic carbocycles. The van der Waals surface area contributed by atoms with Crippen LogP contribution in [0.25, 0.3) is 0 Å². The quantitative estimate of drug-likeness (QED) is 0.496. The van der Waals surface area contributed by atoms with Crippen LogP contribution in [0.15, 0.2) is 48.5 Å². The standard InChI is InChI=1S/C21H23N3O3/c22-21(23)24-11-5-6-14(12-24)13-26-20(25)19-15-7-1-3-9-17(15)27-18-10-4-2-8-16(18)19/h1-4,7-10,14,19H,5-6,11-13H2,(H3,22,23)/t14-/m1/s1. The SMILES string of the molecule is N=C(N)N1CCC[C@@H](COC(=O)C2c3ccccc3Oc3ccccc32)C1. The van der Waals surface area contributed by atoms with E-state index in [1.54, 1.807) is 0 Å². The van der Waals surface area contributed by atoms with Crippen LogP contribution in [0.3, 0.4) is 0 Å². The van der Waals surface area contributed by atoms with Crippen LogP contribution in [0.4, 0.5) is 0 Å². The molecule has 2 aromatic carbocycles. The highest BCUT2D eigenvalue weighted by Gasteiger charge is 2.34. The van der Waals surface area contributed by atoms with E-state index in [1.807, 2.05) is 53.4 Å². The summed E-state index contributed by atoms with van der Waals surface area (Å²) in [5.41, 5.74) is 7.25. The van der Waals surface area contributed by atoms with Crippen molar-refractivity contribution in [2.24, 2.45) is 11.7 Å². The van der Waals surface area contributed by atoms with Gasteiger partial charge >= 0.3 is 5.97 Å². The summed E-state index contributed by atoms with van der Waals surface area (Å²) >= 11 is 0. The van der Waals surface area contributed by atoms with Gasteiger partial charge in [-0.15, -0.1) is 0 Å². The summed E-state index contributed by atoms with van der Waals surface area (Å²) in [6, 6.07) is 15.2. The lowest BCUT2D eigenvalue weighted by Crippen LogP contribution is -2.44. The Balaban J connectivity index is 1.51. The zero-order valence-corrected chi connectivity index (χ0v) is 15.1. The molecule has 2 aromatic rings. The number of hydrogen-bond acceptors (Lipinski definition) is 4. The first-order valence-electron chi connectivity index (χ1n) is 9.25. The molecule has 6 nitrogen and oxygen atoms in total. The summed E-state index contributed by atoms with van der Waals surface area (Å²) in [5.74, 6) is 0.907. The number of carbonyl (C=O) groups excluding carboxylic acids is 1. The third-order valence-electron chi connectivity index (χ3n) is 5.24. The number of likely N-dealkylation sites (tertiary alicyclic amines) is 1. The van der Waals surface area contributed by atoms with E-state index in [9.17, 15) is 4.79 Å². The molecular formula is C21H23N3O3. The molecule has 1 atom stereocenters. The van der Waals surface area contributed by atoms with E-state index in [0.29, 0.717) is 24.7 Å². The molecular weight excluding hydrogens is 342 g/mol. The summed E-state index contributed by atoms with van der Waals surface area (Å²) in [4.78, 5) is 14.9. The number of nitrogens with two attached hydrogens (primary N) is 1. The van der Waals surface area contributed by atoms with Crippen LogP contribution in [0, 0.1) is 11.3 Å². The number of para-hydroxylation sites is 2. The van der Waals surface area contributed by atoms with Gasteiger partial charge in [-0.25, -0.2) is 0 Å². The van der Waals surface area contributed by atoms with Crippen LogP contribution in [-0.2, 0) is 9.53 Å². The van der Waals surface area contributed by atoms with Crippen molar-refractivity contribution in [1.29, 1.82) is 5.41 Å². The first-order valence-corrected chi connectivity index (χ1v) is 9.25. The van der Waals surface area contributed by atoms with E-state index in [4.69, 9.17) is 20.6 Å². The van der Waals surface area contributed by atoms with Gasteiger partial charge in [-0.05, 0) is 25.0 Å². The lowest BCUT2D eigenvalue weighted by Gasteiger charge is -2.33. The molecule has 1 saturated heterocycles. The molecule has 1 fully saturated rings. The third kappa shape index (κ3) is 3.47. The fourth-order valence-electron chi connectivity index (χ4n) is 3.87. The molecule has 27 heavy (non-hydrogen) atoms. The maximum Gasteiger partial charge on any atom is 0.318 e. The molecule has 140 valence electrons. The predicted octanol–water partition coefficient (Wildman–Crippen LogP) is 3.07. The summed E-state index contributed by atoms with van der Waals surface area (Å²) < 4.78 is 11.7. The topological polar surface area (TPSA) is 88.6 Å². The van der Waals surface area contributed by atoms with E-state index < -0.39 is 5.92 Å². The van der Waals surface area contributed by atoms with Gasteiger partial charge in [-0.1, -0.05) is 36.4 Å². The Morgan fingerprint density at radius 1 is 1.15 bits per heavy atom. The number of hydrogen-bond donors (Lipinski definition) is 2. The Labute approximate surface area is 158 Å². The normalized spacial score (nSPS) is 18.8. The van der Waals surface area contributed by atoms with Gasteiger partial charge in [0, 0.05) is 30.1 Å². The van der Waals surface area contributed by atoms with Gasteiger partial charge in [-0.2, -0.15) is 0 Å². The van der Waals surface area contributed by atoms with Gasteiger partial charge in [0.1, 0.15) is 17.4 Å². The second-order valence-electron chi connectivity index (χ2n) is 7.08. The Morgan fingerprint density at radius 2 is 1.78 bits per heavy atom. The second kappa shape index (κ2) is 7.31. The molecule has 2 heterocycles. The lowest BCUT2D eigenvalue weighted by molar-refractivity contribution is -0.146. The van der Waals surface area contributed by atoms with E-state index >= 15 is 0 Å². The van der Waals surface area contributed by atoms with Crippen molar-refractivity contribution >= 4 is 11.9 Å². The number of ether oxygens (including phenoxy) is 2. The van der Waals surface area contributed by atoms with Crippen LogP contribution in [0.5, 0.6) is 11.5 Å². The Kier molecular flexibility index (Phi) is 4.71. The monoisotopic (exact) mass is 365 g/mol. The van der Waals surface area contributed by atoms with Crippen molar-refractivity contribution in [3.8, 4) is 11.5 Å². The summed E-state index contributed by atoms with van der Waals surface area (Å²) in [5, 5.41) is 7.60. The maximum absolute atomic E-state index is 13.0. The van der Waals surface area contributed by atoms with Crippen LogP contribution in [0.2, 0.25) is 0 Å². The number of guanidine groups is 1. The van der Waals surface area contributed by atoms with Crippen molar-refractivity contribution in [2.75, 3.05) is 19.7 Å². The molecule has 6 heteroatoms. The van der Waals surface area contributed by atoms with Gasteiger partial charge in [-0.3, -0.25) is 10.2 Å². The largest absolute Gasteiger partial charge is 0.465 e. The van der Waals surface area contributed by atoms with E-state index in [-0.39, 0.29) is 17.8 Å². The fourth-order valence-corrected chi connectivity index (χ4v) is 3.87. The molecule has 0 saturated carbocycles. The number of fused-ring (bicyclic) bond motifs is 2. The minimum Gasteiger partial charge on any atom is -0.465 e. The first kappa shape index (κ1) is 17.4. The number of nitrogens with one attached hydrogen (secondary N) is 1. The number of esters is 1. The smallest absolute Gasteiger partial charge is 0.318 e. The first-order chi connectivity index (χ1) is 13.1.